The van der Waals surface area contributed by atoms with Gasteiger partial charge < -0.3 is 9.73 Å². The van der Waals surface area contributed by atoms with Crippen molar-refractivity contribution in [3.63, 3.8) is 0 Å². The van der Waals surface area contributed by atoms with Gasteiger partial charge in [0.1, 0.15) is 5.82 Å². The maximum absolute atomic E-state index is 12.8. The van der Waals surface area contributed by atoms with Crippen LogP contribution in [0.2, 0.25) is 0 Å². The van der Waals surface area contributed by atoms with E-state index >= 15 is 0 Å². The largest absolute Gasteiger partial charge is 0.431 e. The molecule has 0 radical (unpaired) electrons. The minimum atomic E-state index is -0.298. The van der Waals surface area contributed by atoms with Gasteiger partial charge in [-0.25, -0.2) is 9.37 Å². The molecule has 0 aliphatic carbocycles. The van der Waals surface area contributed by atoms with Crippen LogP contribution in [0.15, 0.2) is 40.1 Å². The van der Waals surface area contributed by atoms with E-state index in [1.165, 1.54) is 23.9 Å². The average Bonchev–Trinajstić information content (AvgIpc) is 2.88. The van der Waals surface area contributed by atoms with Crippen molar-refractivity contribution in [3.05, 3.63) is 36.3 Å². The second-order valence-electron chi connectivity index (χ2n) is 4.15. The molecule has 0 spiro atoms. The number of hydrogen-bond donors (Lipinski definition) is 1. The maximum atomic E-state index is 12.8. The highest BCUT2D eigenvalue weighted by Gasteiger charge is 2.17. The highest BCUT2D eigenvalue weighted by Crippen LogP contribution is 2.28. The third-order valence-electron chi connectivity index (χ3n) is 2.61. The fourth-order valence-corrected chi connectivity index (χ4v) is 2.33. The van der Waals surface area contributed by atoms with Gasteiger partial charge in [-0.1, -0.05) is 11.8 Å². The zero-order chi connectivity index (χ0) is 14.5. The van der Waals surface area contributed by atoms with E-state index in [1.54, 1.807) is 25.3 Å². The molecule has 1 N–H and O–H groups in total. The number of benzene rings is 1. The minimum Gasteiger partial charge on any atom is -0.431 e. The molecule has 1 amide bonds. The Morgan fingerprint density at radius 1 is 1.45 bits per heavy atom. The Labute approximate surface area is 120 Å². The van der Waals surface area contributed by atoms with Gasteiger partial charge in [0.15, 0.2) is 5.76 Å². The molecular weight excluding hydrogens is 279 g/mol. The van der Waals surface area contributed by atoms with Crippen LogP contribution in [0.25, 0.3) is 11.3 Å². The Balaban J connectivity index is 2.05. The number of oxazole rings is 1. The number of aromatic nitrogens is 1. The molecule has 6 heteroatoms. The molecule has 1 aromatic carbocycles. The van der Waals surface area contributed by atoms with Gasteiger partial charge in [0.2, 0.25) is 5.91 Å². The summed E-state index contributed by atoms with van der Waals surface area (Å²) in [6.45, 7) is 4.25. The Morgan fingerprint density at radius 3 is 2.80 bits per heavy atom. The van der Waals surface area contributed by atoms with E-state index in [9.17, 15) is 9.18 Å². The molecule has 1 heterocycles. The van der Waals surface area contributed by atoms with Gasteiger partial charge >= 0.3 is 0 Å². The van der Waals surface area contributed by atoms with E-state index in [-0.39, 0.29) is 17.0 Å². The standard InChI is InChI=1S/C14H15FN2O2S/c1-3-16-13(18)9(2)20-14-17-8-12(19-14)10-4-6-11(15)7-5-10/h4-9H,3H2,1-2H3,(H,16,18). The summed E-state index contributed by atoms with van der Waals surface area (Å²) in [6, 6.07) is 5.97. The normalized spacial score (nSPS) is 12.2. The summed E-state index contributed by atoms with van der Waals surface area (Å²) < 4.78 is 18.4. The summed E-state index contributed by atoms with van der Waals surface area (Å²) in [5, 5.41) is 2.88. The SMILES string of the molecule is CCNC(=O)C(C)Sc1ncc(-c2ccc(F)cc2)o1. The van der Waals surface area contributed by atoms with Crippen molar-refractivity contribution in [1.82, 2.24) is 10.3 Å². The number of rotatable bonds is 5. The van der Waals surface area contributed by atoms with Gasteiger partial charge in [-0.05, 0) is 38.1 Å². The number of halogens is 1. The predicted octanol–water partition coefficient (Wildman–Crippen LogP) is 3.10. The third kappa shape index (κ3) is 3.60. The van der Waals surface area contributed by atoms with Gasteiger partial charge in [-0.3, -0.25) is 4.79 Å². The van der Waals surface area contributed by atoms with Gasteiger partial charge in [-0.15, -0.1) is 0 Å². The predicted molar refractivity (Wildman–Crippen MR) is 75.9 cm³/mol. The zero-order valence-electron chi connectivity index (χ0n) is 11.2. The summed E-state index contributed by atoms with van der Waals surface area (Å²) in [4.78, 5) is 15.7. The molecule has 0 fully saturated rings. The number of nitrogens with one attached hydrogen (secondary N) is 1. The van der Waals surface area contributed by atoms with Crippen molar-refractivity contribution in [1.29, 1.82) is 0 Å². The second kappa shape index (κ2) is 6.56. The number of thioether (sulfide) groups is 1. The van der Waals surface area contributed by atoms with E-state index in [4.69, 9.17) is 4.42 Å². The quantitative estimate of drug-likeness (QED) is 0.861. The maximum Gasteiger partial charge on any atom is 0.256 e. The summed E-state index contributed by atoms with van der Waals surface area (Å²) >= 11 is 1.25. The van der Waals surface area contributed by atoms with Crippen LogP contribution in [-0.2, 0) is 4.79 Å². The molecule has 0 aliphatic heterocycles. The van der Waals surface area contributed by atoms with Crippen LogP contribution in [0.5, 0.6) is 0 Å². The smallest absolute Gasteiger partial charge is 0.256 e. The lowest BCUT2D eigenvalue weighted by Crippen LogP contribution is -2.30. The first kappa shape index (κ1) is 14.6. The molecule has 0 saturated carbocycles. The fraction of sp³-hybridized carbons (Fsp3) is 0.286. The lowest BCUT2D eigenvalue weighted by atomic mass is 10.2. The molecular formula is C14H15FN2O2S. The van der Waals surface area contributed by atoms with Crippen LogP contribution in [0.1, 0.15) is 13.8 Å². The number of nitrogens with zero attached hydrogens (tertiary/aromatic N) is 1. The average molecular weight is 294 g/mol. The molecule has 0 saturated heterocycles. The number of amides is 1. The van der Waals surface area contributed by atoms with E-state index in [0.717, 1.165) is 5.56 Å². The van der Waals surface area contributed by atoms with Crippen LogP contribution < -0.4 is 5.32 Å². The molecule has 1 atom stereocenters. The molecule has 0 aliphatic rings. The lowest BCUT2D eigenvalue weighted by molar-refractivity contribution is -0.120. The van der Waals surface area contributed by atoms with E-state index < -0.39 is 0 Å². The van der Waals surface area contributed by atoms with Crippen LogP contribution in [0, 0.1) is 5.82 Å². The minimum absolute atomic E-state index is 0.0565. The summed E-state index contributed by atoms with van der Waals surface area (Å²) in [7, 11) is 0. The van der Waals surface area contributed by atoms with Crippen LogP contribution in [0.3, 0.4) is 0 Å². The Kier molecular flexibility index (Phi) is 4.79. The lowest BCUT2D eigenvalue weighted by Gasteiger charge is -2.07. The molecule has 1 aromatic heterocycles. The van der Waals surface area contributed by atoms with Crippen molar-refractivity contribution in [2.45, 2.75) is 24.3 Å². The van der Waals surface area contributed by atoms with E-state index in [0.29, 0.717) is 17.5 Å². The Bertz CT molecular complexity index is 583. The molecule has 4 nitrogen and oxygen atoms in total. The van der Waals surface area contributed by atoms with Crippen LogP contribution >= 0.6 is 11.8 Å². The van der Waals surface area contributed by atoms with Crippen molar-refractivity contribution >= 4 is 17.7 Å². The molecule has 106 valence electrons. The van der Waals surface area contributed by atoms with Gasteiger partial charge in [0.25, 0.3) is 5.22 Å². The number of hydrogen-bond acceptors (Lipinski definition) is 4. The van der Waals surface area contributed by atoms with Gasteiger partial charge in [0.05, 0.1) is 11.4 Å². The van der Waals surface area contributed by atoms with Crippen molar-refractivity contribution in [2.75, 3.05) is 6.54 Å². The highest BCUT2D eigenvalue weighted by atomic mass is 32.2. The van der Waals surface area contributed by atoms with Crippen LogP contribution in [0.4, 0.5) is 4.39 Å². The first-order valence-electron chi connectivity index (χ1n) is 6.26. The summed E-state index contributed by atoms with van der Waals surface area (Å²) in [5.41, 5.74) is 0.747. The third-order valence-corrected chi connectivity index (χ3v) is 3.57. The monoisotopic (exact) mass is 294 g/mol. The van der Waals surface area contributed by atoms with Gasteiger partial charge in [0, 0.05) is 12.1 Å². The number of carbonyl (C=O) groups excluding carboxylic acids is 1. The summed E-state index contributed by atoms with van der Waals surface area (Å²) in [5.74, 6) is 0.197. The fourth-order valence-electron chi connectivity index (χ4n) is 1.58. The van der Waals surface area contributed by atoms with E-state index in [1.807, 2.05) is 6.92 Å². The van der Waals surface area contributed by atoms with Crippen molar-refractivity contribution in [2.24, 2.45) is 0 Å². The van der Waals surface area contributed by atoms with Gasteiger partial charge in [-0.2, -0.15) is 0 Å². The highest BCUT2D eigenvalue weighted by molar-refractivity contribution is 8.00. The Morgan fingerprint density at radius 2 is 2.15 bits per heavy atom. The molecule has 2 rings (SSSR count). The molecule has 2 aromatic rings. The first-order valence-corrected chi connectivity index (χ1v) is 7.14. The van der Waals surface area contributed by atoms with Crippen molar-refractivity contribution in [3.8, 4) is 11.3 Å². The van der Waals surface area contributed by atoms with E-state index in [2.05, 4.69) is 10.3 Å². The Hall–Kier alpha value is -1.82. The molecule has 1 unspecified atom stereocenters. The molecule has 20 heavy (non-hydrogen) atoms. The molecule has 0 bridgehead atoms. The second-order valence-corrected chi connectivity index (χ2v) is 5.44. The zero-order valence-corrected chi connectivity index (χ0v) is 12.0. The van der Waals surface area contributed by atoms with Crippen LogP contribution in [-0.4, -0.2) is 22.7 Å². The first-order chi connectivity index (χ1) is 9.60. The summed E-state index contributed by atoms with van der Waals surface area (Å²) in [6.07, 6.45) is 1.57. The topological polar surface area (TPSA) is 55.1 Å². The van der Waals surface area contributed by atoms with Crippen molar-refractivity contribution < 1.29 is 13.6 Å². The number of carbonyl (C=O) groups is 1.